The molecule has 2 saturated carbocycles. The molecule has 1 saturated heterocycles. The van der Waals surface area contributed by atoms with Crippen LogP contribution in [0.1, 0.15) is 58.6 Å². The summed E-state index contributed by atoms with van der Waals surface area (Å²) in [5.41, 5.74) is 1.05. The molecule has 5 nitrogen and oxygen atoms in total. The topological polar surface area (TPSA) is 56.8 Å². The van der Waals surface area contributed by atoms with E-state index < -0.39 is 0 Å². The second-order valence-corrected chi connectivity index (χ2v) is 10.6. The van der Waals surface area contributed by atoms with Crippen molar-refractivity contribution in [3.05, 3.63) is 22.7 Å². The van der Waals surface area contributed by atoms with Crippen LogP contribution in [0.3, 0.4) is 0 Å². The Morgan fingerprint density at radius 3 is 2.63 bits per heavy atom. The molecular formula is C24H34ClNO4. The maximum atomic E-state index is 12.7. The Bertz CT molecular complexity index is 839. The maximum Gasteiger partial charge on any atom is 0.222 e. The lowest BCUT2D eigenvalue weighted by atomic mass is 9.58. The number of amides is 1. The first-order valence-electron chi connectivity index (χ1n) is 11.0. The van der Waals surface area contributed by atoms with Crippen LogP contribution in [-0.2, 0) is 9.53 Å². The Kier molecular flexibility index (Phi) is 5.51. The van der Waals surface area contributed by atoms with Crippen LogP contribution in [0, 0.1) is 28.6 Å². The highest BCUT2D eigenvalue weighted by Crippen LogP contribution is 2.71. The molecule has 1 amide bonds. The van der Waals surface area contributed by atoms with Crippen LogP contribution in [0.2, 0.25) is 5.02 Å². The molecule has 6 heteroatoms. The van der Waals surface area contributed by atoms with Crippen LogP contribution in [-0.4, -0.2) is 32.8 Å². The van der Waals surface area contributed by atoms with Gasteiger partial charge in [-0.2, -0.15) is 0 Å². The van der Waals surface area contributed by atoms with Gasteiger partial charge in [0.15, 0.2) is 11.5 Å². The molecule has 0 radical (unpaired) electrons. The average molecular weight is 436 g/mol. The van der Waals surface area contributed by atoms with E-state index in [1.54, 1.807) is 20.3 Å². The van der Waals surface area contributed by atoms with Gasteiger partial charge in [0.25, 0.3) is 0 Å². The minimum atomic E-state index is -0.124. The van der Waals surface area contributed by atoms with Crippen molar-refractivity contribution in [1.29, 1.82) is 0 Å². The maximum absolute atomic E-state index is 12.7. The van der Waals surface area contributed by atoms with E-state index in [-0.39, 0.29) is 34.8 Å². The van der Waals surface area contributed by atoms with Gasteiger partial charge in [0, 0.05) is 35.2 Å². The minimum absolute atomic E-state index is 0.0253. The number of rotatable bonds is 5. The molecule has 1 spiro atoms. The molecule has 1 aliphatic heterocycles. The molecular weight excluding hydrogens is 402 g/mol. The molecule has 1 heterocycles. The summed E-state index contributed by atoms with van der Waals surface area (Å²) in [6.45, 7) is 9.22. The molecule has 1 N–H and O–H groups in total. The van der Waals surface area contributed by atoms with E-state index in [9.17, 15) is 4.79 Å². The molecule has 5 atom stereocenters. The van der Waals surface area contributed by atoms with Crippen LogP contribution in [0.25, 0.3) is 0 Å². The van der Waals surface area contributed by atoms with Crippen molar-refractivity contribution >= 4 is 17.5 Å². The zero-order chi connectivity index (χ0) is 21.8. The SMILES string of the molecule is COc1cc(Cl)cc([C@H]2OCC[C@@]34C[C@@H](C[C@H]23)C(C)(C)[C@H]4NC(=O)C(C)C)c1OC. The number of nitrogens with one attached hydrogen (secondary N) is 1. The monoisotopic (exact) mass is 435 g/mol. The second kappa shape index (κ2) is 7.59. The average Bonchev–Trinajstić information content (AvgIpc) is 3.19. The quantitative estimate of drug-likeness (QED) is 0.706. The summed E-state index contributed by atoms with van der Waals surface area (Å²) in [7, 11) is 3.28. The van der Waals surface area contributed by atoms with Crippen molar-refractivity contribution in [3.8, 4) is 11.5 Å². The van der Waals surface area contributed by atoms with Crippen molar-refractivity contribution in [2.75, 3.05) is 20.8 Å². The predicted octanol–water partition coefficient (Wildman–Crippen LogP) is 5.01. The first-order valence-corrected chi connectivity index (χ1v) is 11.4. The van der Waals surface area contributed by atoms with Crippen molar-refractivity contribution < 1.29 is 19.0 Å². The molecule has 166 valence electrons. The van der Waals surface area contributed by atoms with Gasteiger partial charge in [-0.05, 0) is 48.0 Å². The summed E-state index contributed by atoms with van der Waals surface area (Å²) in [6, 6.07) is 3.87. The minimum Gasteiger partial charge on any atom is -0.493 e. The summed E-state index contributed by atoms with van der Waals surface area (Å²) in [4.78, 5) is 12.7. The fourth-order valence-corrected chi connectivity index (χ4v) is 6.79. The first-order chi connectivity index (χ1) is 14.2. The fourth-order valence-electron chi connectivity index (χ4n) is 6.57. The van der Waals surface area contributed by atoms with E-state index in [0.29, 0.717) is 35.0 Å². The van der Waals surface area contributed by atoms with Gasteiger partial charge in [-0.1, -0.05) is 39.3 Å². The summed E-state index contributed by atoms with van der Waals surface area (Å²) in [5.74, 6) is 2.28. The summed E-state index contributed by atoms with van der Waals surface area (Å²) >= 11 is 6.43. The van der Waals surface area contributed by atoms with E-state index in [4.69, 9.17) is 25.8 Å². The summed E-state index contributed by atoms with van der Waals surface area (Å²) < 4.78 is 17.6. The first kappa shape index (κ1) is 21.8. The third-order valence-electron chi connectivity index (χ3n) is 8.09. The lowest BCUT2D eigenvalue weighted by molar-refractivity contribution is -0.139. The predicted molar refractivity (Wildman–Crippen MR) is 117 cm³/mol. The van der Waals surface area contributed by atoms with Gasteiger partial charge in [-0.3, -0.25) is 4.79 Å². The largest absolute Gasteiger partial charge is 0.493 e. The van der Waals surface area contributed by atoms with Gasteiger partial charge >= 0.3 is 0 Å². The zero-order valence-electron chi connectivity index (χ0n) is 18.9. The Balaban J connectivity index is 1.75. The smallest absolute Gasteiger partial charge is 0.222 e. The highest BCUT2D eigenvalue weighted by molar-refractivity contribution is 6.30. The van der Waals surface area contributed by atoms with Crippen LogP contribution < -0.4 is 14.8 Å². The normalized spacial score (nSPS) is 34.0. The van der Waals surface area contributed by atoms with E-state index in [2.05, 4.69) is 19.2 Å². The van der Waals surface area contributed by atoms with Crippen LogP contribution >= 0.6 is 11.6 Å². The van der Waals surface area contributed by atoms with Crippen molar-refractivity contribution in [2.24, 2.45) is 28.6 Å². The molecule has 4 rings (SSSR count). The van der Waals surface area contributed by atoms with Crippen LogP contribution in [0.5, 0.6) is 11.5 Å². The number of hydrogen-bond donors (Lipinski definition) is 1. The molecule has 30 heavy (non-hydrogen) atoms. The van der Waals surface area contributed by atoms with E-state index in [1.165, 1.54) is 0 Å². The standard InChI is InChI=1S/C24H34ClNO4/c1-13(2)21(27)26-22-23(3,4)14-9-17-19(30-8-7-24(17,22)12-14)16-10-15(25)11-18(28-5)20(16)29-6/h10-11,13-14,17,19,22H,7-9,12H2,1-6H3,(H,26,27)/t14-,17-,19-,22-,24-/m1/s1. The Morgan fingerprint density at radius 1 is 1.27 bits per heavy atom. The van der Waals surface area contributed by atoms with Crippen molar-refractivity contribution in [3.63, 3.8) is 0 Å². The highest BCUT2D eigenvalue weighted by Gasteiger charge is 2.68. The third kappa shape index (κ3) is 3.12. The molecule has 2 bridgehead atoms. The van der Waals surface area contributed by atoms with Gasteiger partial charge in [-0.15, -0.1) is 0 Å². The number of benzene rings is 1. The lowest BCUT2D eigenvalue weighted by Crippen LogP contribution is -2.59. The molecule has 1 aromatic rings. The molecule has 1 aromatic carbocycles. The Morgan fingerprint density at radius 2 is 2.00 bits per heavy atom. The second-order valence-electron chi connectivity index (χ2n) is 10.2. The number of fused-ring (bicyclic) bond motifs is 1. The molecule has 2 aliphatic carbocycles. The Hall–Kier alpha value is -1.46. The van der Waals surface area contributed by atoms with Gasteiger partial charge in [0.2, 0.25) is 5.91 Å². The van der Waals surface area contributed by atoms with E-state index >= 15 is 0 Å². The number of halogens is 1. The van der Waals surface area contributed by atoms with E-state index in [1.807, 2.05) is 19.9 Å². The lowest BCUT2D eigenvalue weighted by Gasteiger charge is -2.53. The number of methoxy groups -OCH3 is 2. The van der Waals surface area contributed by atoms with Crippen molar-refractivity contribution in [1.82, 2.24) is 5.32 Å². The number of carbonyl (C=O) groups excluding carboxylic acids is 1. The number of hydrogen-bond acceptors (Lipinski definition) is 4. The van der Waals surface area contributed by atoms with Crippen LogP contribution in [0.4, 0.5) is 0 Å². The van der Waals surface area contributed by atoms with Gasteiger partial charge < -0.3 is 19.5 Å². The van der Waals surface area contributed by atoms with Gasteiger partial charge in [-0.25, -0.2) is 0 Å². The van der Waals surface area contributed by atoms with E-state index in [0.717, 1.165) is 24.8 Å². The number of ether oxygens (including phenoxy) is 3. The third-order valence-corrected chi connectivity index (χ3v) is 8.31. The summed E-state index contributed by atoms with van der Waals surface area (Å²) in [6.07, 6.45) is 3.06. The molecule has 0 unspecified atom stereocenters. The van der Waals surface area contributed by atoms with Gasteiger partial charge in [0.1, 0.15) is 0 Å². The molecule has 3 aliphatic rings. The molecule has 0 aromatic heterocycles. The van der Waals surface area contributed by atoms with Crippen molar-refractivity contribution in [2.45, 2.75) is 59.1 Å². The number of carbonyl (C=O) groups is 1. The summed E-state index contributed by atoms with van der Waals surface area (Å²) in [5, 5.41) is 4.06. The fraction of sp³-hybridized carbons (Fsp3) is 0.708. The van der Waals surface area contributed by atoms with Gasteiger partial charge in [0.05, 0.1) is 20.3 Å². The highest BCUT2D eigenvalue weighted by atomic mass is 35.5. The molecule has 3 fully saturated rings. The zero-order valence-corrected chi connectivity index (χ0v) is 19.6. The van der Waals surface area contributed by atoms with Crippen LogP contribution in [0.15, 0.2) is 12.1 Å². The Labute approximate surface area is 184 Å².